The lowest BCUT2D eigenvalue weighted by Gasteiger charge is -2.52. The van der Waals surface area contributed by atoms with E-state index in [9.17, 15) is 13.9 Å². The summed E-state index contributed by atoms with van der Waals surface area (Å²) in [5, 5.41) is 9.57. The minimum absolute atomic E-state index is 0.134. The number of piperidine rings is 1. The van der Waals surface area contributed by atoms with Crippen LogP contribution >= 0.6 is 11.3 Å². The Hall–Kier alpha value is -0.560. The standard InChI is InChI=1S/C18H25F2NO2S/c1-11-10-18(3-4-21(11)13-7-14(22)8-13)17-12(2-5-23-18)6-15(24-17)9-16(19)20/h6,11,13-14,16,22H,2-5,7-10H2,1H3/t11-,13?,14?,18+/m0/s1. The molecule has 2 aliphatic heterocycles. The van der Waals surface area contributed by atoms with E-state index in [1.54, 1.807) is 0 Å². The van der Waals surface area contributed by atoms with E-state index in [2.05, 4.69) is 11.8 Å². The highest BCUT2D eigenvalue weighted by Crippen LogP contribution is 2.48. The Labute approximate surface area is 145 Å². The Morgan fingerprint density at radius 3 is 2.92 bits per heavy atom. The van der Waals surface area contributed by atoms with Gasteiger partial charge >= 0.3 is 0 Å². The van der Waals surface area contributed by atoms with Gasteiger partial charge in [-0.2, -0.15) is 0 Å². The first-order chi connectivity index (χ1) is 11.5. The average molecular weight is 357 g/mol. The molecule has 1 aromatic rings. The van der Waals surface area contributed by atoms with Crippen LogP contribution in [0.2, 0.25) is 0 Å². The van der Waals surface area contributed by atoms with Crippen LogP contribution in [0.5, 0.6) is 0 Å². The van der Waals surface area contributed by atoms with Crippen molar-refractivity contribution in [3.05, 3.63) is 21.4 Å². The highest BCUT2D eigenvalue weighted by Gasteiger charge is 2.47. The first kappa shape index (κ1) is 16.9. The molecule has 24 heavy (non-hydrogen) atoms. The lowest BCUT2D eigenvalue weighted by atomic mass is 9.79. The van der Waals surface area contributed by atoms with Crippen LogP contribution in [0.3, 0.4) is 0 Å². The van der Waals surface area contributed by atoms with Gasteiger partial charge in [-0.05, 0) is 50.7 Å². The molecule has 1 aromatic heterocycles. The van der Waals surface area contributed by atoms with Crippen molar-refractivity contribution in [2.75, 3.05) is 13.2 Å². The number of ether oxygens (including phenoxy) is 1. The van der Waals surface area contributed by atoms with Crippen LogP contribution in [-0.4, -0.2) is 47.8 Å². The van der Waals surface area contributed by atoms with E-state index in [1.807, 2.05) is 6.07 Å². The van der Waals surface area contributed by atoms with Crippen molar-refractivity contribution in [2.45, 2.75) is 75.7 Å². The molecule has 1 saturated carbocycles. The molecular formula is C18H25F2NO2S. The maximum absolute atomic E-state index is 12.7. The Morgan fingerprint density at radius 1 is 1.46 bits per heavy atom. The molecule has 4 rings (SSSR count). The zero-order valence-electron chi connectivity index (χ0n) is 14.0. The van der Waals surface area contributed by atoms with Crippen molar-refractivity contribution >= 4 is 11.3 Å². The summed E-state index contributed by atoms with van der Waals surface area (Å²) >= 11 is 1.54. The molecule has 0 unspecified atom stereocenters. The summed E-state index contributed by atoms with van der Waals surface area (Å²) in [5.74, 6) is 0. The molecule has 1 aliphatic carbocycles. The van der Waals surface area contributed by atoms with Crippen LogP contribution in [0.1, 0.15) is 47.9 Å². The minimum Gasteiger partial charge on any atom is -0.393 e. The number of halogens is 2. The van der Waals surface area contributed by atoms with Gasteiger partial charge in [-0.3, -0.25) is 4.90 Å². The molecule has 3 aliphatic rings. The topological polar surface area (TPSA) is 32.7 Å². The van der Waals surface area contributed by atoms with Gasteiger partial charge < -0.3 is 9.84 Å². The Morgan fingerprint density at radius 2 is 2.25 bits per heavy atom. The lowest BCUT2D eigenvalue weighted by Crippen LogP contribution is -2.57. The Bertz CT molecular complexity index is 602. The van der Waals surface area contributed by atoms with Gasteiger partial charge in [0.1, 0.15) is 5.60 Å². The summed E-state index contributed by atoms with van der Waals surface area (Å²) in [4.78, 5) is 4.49. The first-order valence-electron chi connectivity index (χ1n) is 8.95. The Kier molecular flexibility index (Phi) is 4.44. The summed E-state index contributed by atoms with van der Waals surface area (Å²) in [5.41, 5.74) is 0.943. The van der Waals surface area contributed by atoms with E-state index in [0.717, 1.165) is 43.5 Å². The molecule has 2 atom stereocenters. The van der Waals surface area contributed by atoms with Gasteiger partial charge in [0.25, 0.3) is 0 Å². The number of aliphatic hydroxyl groups excluding tert-OH is 1. The second-order valence-corrected chi connectivity index (χ2v) is 8.71. The fraction of sp³-hybridized carbons (Fsp3) is 0.778. The third kappa shape index (κ3) is 2.91. The van der Waals surface area contributed by atoms with Crippen molar-refractivity contribution in [1.29, 1.82) is 0 Å². The minimum atomic E-state index is -2.28. The maximum Gasteiger partial charge on any atom is 0.243 e. The van der Waals surface area contributed by atoms with E-state index in [-0.39, 0.29) is 18.1 Å². The number of alkyl halides is 2. The number of fused-ring (bicyclic) bond motifs is 2. The largest absolute Gasteiger partial charge is 0.393 e. The second kappa shape index (κ2) is 6.31. The summed E-state index contributed by atoms with van der Waals surface area (Å²) in [6.45, 7) is 3.88. The Balaban J connectivity index is 1.53. The van der Waals surface area contributed by atoms with Crippen LogP contribution in [-0.2, 0) is 23.2 Å². The van der Waals surface area contributed by atoms with Crippen molar-refractivity contribution in [2.24, 2.45) is 0 Å². The van der Waals surface area contributed by atoms with E-state index in [1.165, 1.54) is 21.8 Å². The second-order valence-electron chi connectivity index (χ2n) is 7.58. The number of hydrogen-bond acceptors (Lipinski definition) is 4. The van der Waals surface area contributed by atoms with E-state index < -0.39 is 6.43 Å². The van der Waals surface area contributed by atoms with Crippen LogP contribution in [0, 0.1) is 0 Å². The number of nitrogens with zero attached hydrogens (tertiary/aromatic N) is 1. The van der Waals surface area contributed by atoms with Gasteiger partial charge in [0, 0.05) is 34.8 Å². The molecule has 6 heteroatoms. The number of rotatable bonds is 3. The number of likely N-dealkylation sites (tertiary alicyclic amines) is 1. The van der Waals surface area contributed by atoms with Crippen LogP contribution < -0.4 is 0 Å². The van der Waals surface area contributed by atoms with Gasteiger partial charge in [0.05, 0.1) is 12.7 Å². The number of aliphatic hydroxyl groups is 1. The van der Waals surface area contributed by atoms with Crippen LogP contribution in [0.15, 0.2) is 6.07 Å². The molecule has 1 saturated heterocycles. The van der Waals surface area contributed by atoms with Crippen molar-refractivity contribution in [1.82, 2.24) is 4.90 Å². The zero-order chi connectivity index (χ0) is 16.9. The molecule has 3 heterocycles. The first-order valence-corrected chi connectivity index (χ1v) is 9.76. The van der Waals surface area contributed by atoms with E-state index in [0.29, 0.717) is 18.7 Å². The molecule has 1 spiro atoms. The summed E-state index contributed by atoms with van der Waals surface area (Å²) in [6.07, 6.45) is 1.87. The van der Waals surface area contributed by atoms with Gasteiger partial charge in [-0.1, -0.05) is 0 Å². The molecule has 134 valence electrons. The fourth-order valence-corrected chi connectivity index (χ4v) is 6.06. The molecular weight excluding hydrogens is 332 g/mol. The van der Waals surface area contributed by atoms with Crippen LogP contribution in [0.25, 0.3) is 0 Å². The van der Waals surface area contributed by atoms with Gasteiger partial charge in [-0.25, -0.2) is 8.78 Å². The summed E-state index contributed by atoms with van der Waals surface area (Å²) in [6, 6.07) is 2.87. The predicted octanol–water partition coefficient (Wildman–Crippen LogP) is 3.33. The van der Waals surface area contributed by atoms with Crippen molar-refractivity contribution in [3.63, 3.8) is 0 Å². The lowest BCUT2D eigenvalue weighted by molar-refractivity contribution is -0.128. The van der Waals surface area contributed by atoms with Crippen molar-refractivity contribution in [3.8, 4) is 0 Å². The average Bonchev–Trinajstić information content (AvgIpc) is 2.88. The predicted molar refractivity (Wildman–Crippen MR) is 89.8 cm³/mol. The molecule has 0 radical (unpaired) electrons. The third-order valence-corrected chi connectivity index (χ3v) is 7.29. The third-order valence-electron chi connectivity index (χ3n) is 5.90. The molecule has 1 N–H and O–H groups in total. The van der Waals surface area contributed by atoms with E-state index >= 15 is 0 Å². The van der Waals surface area contributed by atoms with E-state index in [4.69, 9.17) is 4.74 Å². The monoisotopic (exact) mass is 357 g/mol. The van der Waals surface area contributed by atoms with Gasteiger partial charge in [-0.15, -0.1) is 11.3 Å². The molecule has 0 bridgehead atoms. The maximum atomic E-state index is 12.7. The summed E-state index contributed by atoms with van der Waals surface area (Å²) in [7, 11) is 0. The SMILES string of the molecule is C[C@H]1C[C@@]2(CCN1C1CC(O)C1)OCCc1cc(CC(F)F)sc12. The van der Waals surface area contributed by atoms with Crippen molar-refractivity contribution < 1.29 is 18.6 Å². The molecule has 2 fully saturated rings. The molecule has 0 amide bonds. The highest BCUT2D eigenvalue weighted by atomic mass is 32.1. The number of hydrogen-bond donors (Lipinski definition) is 1. The normalized spacial score (nSPS) is 36.8. The molecule has 0 aromatic carbocycles. The quantitative estimate of drug-likeness (QED) is 0.901. The van der Waals surface area contributed by atoms with Gasteiger partial charge in [0.2, 0.25) is 6.43 Å². The van der Waals surface area contributed by atoms with Crippen LogP contribution in [0.4, 0.5) is 8.78 Å². The molecule has 3 nitrogen and oxygen atoms in total. The summed E-state index contributed by atoms with van der Waals surface area (Å²) < 4.78 is 31.8. The fourth-order valence-electron chi connectivity index (χ4n) is 4.67. The van der Waals surface area contributed by atoms with Gasteiger partial charge in [0.15, 0.2) is 0 Å². The number of thiophene rings is 1. The smallest absolute Gasteiger partial charge is 0.243 e. The highest BCUT2D eigenvalue weighted by molar-refractivity contribution is 7.12. The zero-order valence-corrected chi connectivity index (χ0v) is 14.8.